The van der Waals surface area contributed by atoms with Crippen molar-refractivity contribution in [3.05, 3.63) is 0 Å². The van der Waals surface area contributed by atoms with E-state index in [0.717, 1.165) is 13.0 Å². The van der Waals surface area contributed by atoms with Crippen LogP contribution in [-0.2, 0) is 14.2 Å². The number of ether oxygens (including phenoxy) is 3. The van der Waals surface area contributed by atoms with Gasteiger partial charge in [-0.05, 0) is 6.42 Å². The number of methoxy groups -OCH3 is 1. The zero-order valence-electron chi connectivity index (χ0n) is 20.1. The topological polar surface area (TPSA) is 68.2 Å². The summed E-state index contributed by atoms with van der Waals surface area (Å²) in [6.45, 7) is 3.75. The third-order valence-corrected chi connectivity index (χ3v) is 5.60. The Kier molecular flexibility index (Phi) is 24.9. The van der Waals surface area contributed by atoms with Crippen molar-refractivity contribution in [2.24, 2.45) is 0 Å². The lowest BCUT2D eigenvalue weighted by molar-refractivity contribution is -0.0626. The normalized spacial score (nSPS) is 13.6. The van der Waals surface area contributed by atoms with E-state index in [2.05, 4.69) is 6.92 Å². The van der Waals surface area contributed by atoms with Crippen LogP contribution >= 0.6 is 0 Å². The van der Waals surface area contributed by atoms with E-state index in [9.17, 15) is 5.11 Å². The second kappa shape index (κ2) is 25.1. The highest BCUT2D eigenvalue weighted by Gasteiger charge is 2.09. The molecule has 0 aliphatic carbocycles. The number of rotatable bonds is 25. The van der Waals surface area contributed by atoms with Gasteiger partial charge in [0.15, 0.2) is 0 Å². The first-order valence-electron chi connectivity index (χ1n) is 12.7. The standard InChI is InChI=1S/C25H52O5/c1-3-4-5-6-7-8-9-10-11-12-13-14-15-16-17-18-19-29-22-25(28-2)23-30-21-24(27)20-26/h24-27H,3-23H2,1-2H3. The van der Waals surface area contributed by atoms with Crippen molar-refractivity contribution >= 4 is 0 Å². The molecule has 0 aromatic carbocycles. The van der Waals surface area contributed by atoms with Crippen LogP contribution in [0.4, 0.5) is 0 Å². The fourth-order valence-electron chi connectivity index (χ4n) is 3.54. The maximum absolute atomic E-state index is 9.24. The highest BCUT2D eigenvalue weighted by molar-refractivity contribution is 4.57. The summed E-state index contributed by atoms with van der Waals surface area (Å²) in [5, 5.41) is 18.0. The molecule has 0 bridgehead atoms. The molecule has 0 rings (SSSR count). The quantitative estimate of drug-likeness (QED) is 0.182. The SMILES string of the molecule is CCCCCCCCCCCCCCCCCCOCC(COCC(O)CO)OC. The van der Waals surface area contributed by atoms with E-state index in [1.54, 1.807) is 7.11 Å². The van der Waals surface area contributed by atoms with Gasteiger partial charge >= 0.3 is 0 Å². The summed E-state index contributed by atoms with van der Waals surface area (Å²) in [5.74, 6) is 0. The summed E-state index contributed by atoms with van der Waals surface area (Å²) < 4.78 is 16.3. The van der Waals surface area contributed by atoms with E-state index in [0.29, 0.717) is 13.2 Å². The minimum absolute atomic E-state index is 0.121. The van der Waals surface area contributed by atoms with Crippen LogP contribution in [0.5, 0.6) is 0 Å². The zero-order valence-corrected chi connectivity index (χ0v) is 20.1. The molecule has 30 heavy (non-hydrogen) atoms. The molecule has 5 heteroatoms. The molecule has 0 aliphatic rings. The molecule has 2 N–H and O–H groups in total. The molecule has 0 amide bonds. The third kappa shape index (κ3) is 22.5. The van der Waals surface area contributed by atoms with Crippen molar-refractivity contribution in [3.63, 3.8) is 0 Å². The number of hydrogen-bond donors (Lipinski definition) is 2. The smallest absolute Gasteiger partial charge is 0.104 e. The summed E-state index contributed by atoms with van der Waals surface area (Å²) in [6, 6.07) is 0. The average molecular weight is 433 g/mol. The summed E-state index contributed by atoms with van der Waals surface area (Å²) in [4.78, 5) is 0. The molecule has 2 atom stereocenters. The van der Waals surface area contributed by atoms with E-state index in [-0.39, 0.29) is 19.3 Å². The lowest BCUT2D eigenvalue weighted by atomic mass is 10.0. The van der Waals surface area contributed by atoms with Crippen molar-refractivity contribution in [1.82, 2.24) is 0 Å². The van der Waals surface area contributed by atoms with Crippen molar-refractivity contribution in [2.45, 2.75) is 122 Å². The van der Waals surface area contributed by atoms with E-state index in [1.807, 2.05) is 0 Å². The first kappa shape index (κ1) is 29.8. The molecule has 0 heterocycles. The largest absolute Gasteiger partial charge is 0.394 e. The molecule has 182 valence electrons. The Bertz CT molecular complexity index is 314. The molecular weight excluding hydrogens is 380 g/mol. The van der Waals surface area contributed by atoms with Gasteiger partial charge in [0, 0.05) is 13.7 Å². The van der Waals surface area contributed by atoms with Crippen LogP contribution in [0.15, 0.2) is 0 Å². The van der Waals surface area contributed by atoms with Gasteiger partial charge in [0.1, 0.15) is 12.2 Å². The molecule has 0 aliphatic heterocycles. The number of hydrogen-bond acceptors (Lipinski definition) is 5. The lowest BCUT2D eigenvalue weighted by Gasteiger charge is -2.16. The molecule has 0 fully saturated rings. The molecule has 0 aromatic rings. The van der Waals surface area contributed by atoms with Gasteiger partial charge in [0.25, 0.3) is 0 Å². The van der Waals surface area contributed by atoms with Crippen molar-refractivity contribution < 1.29 is 24.4 Å². The van der Waals surface area contributed by atoms with Crippen LogP contribution in [0.25, 0.3) is 0 Å². The van der Waals surface area contributed by atoms with Gasteiger partial charge < -0.3 is 24.4 Å². The van der Waals surface area contributed by atoms with Crippen LogP contribution in [0.2, 0.25) is 0 Å². The molecule has 0 spiro atoms. The average Bonchev–Trinajstić information content (AvgIpc) is 2.76. The van der Waals surface area contributed by atoms with Gasteiger partial charge in [-0.3, -0.25) is 0 Å². The van der Waals surface area contributed by atoms with E-state index >= 15 is 0 Å². The Morgan fingerprint density at radius 2 is 1.03 bits per heavy atom. The summed E-state index contributed by atoms with van der Waals surface area (Å²) in [6.07, 6.45) is 21.0. The minimum atomic E-state index is -0.825. The molecule has 5 nitrogen and oxygen atoms in total. The van der Waals surface area contributed by atoms with Crippen molar-refractivity contribution in [3.8, 4) is 0 Å². The van der Waals surface area contributed by atoms with Gasteiger partial charge in [-0.1, -0.05) is 103 Å². The lowest BCUT2D eigenvalue weighted by Crippen LogP contribution is -2.28. The first-order chi connectivity index (χ1) is 14.7. The maximum atomic E-state index is 9.24. The van der Waals surface area contributed by atoms with Crippen LogP contribution in [0, 0.1) is 0 Å². The molecule has 0 saturated carbocycles. The highest BCUT2D eigenvalue weighted by atomic mass is 16.6. The first-order valence-corrected chi connectivity index (χ1v) is 12.7. The monoisotopic (exact) mass is 432 g/mol. The Morgan fingerprint density at radius 1 is 0.600 bits per heavy atom. The molecule has 0 saturated heterocycles. The Morgan fingerprint density at radius 3 is 1.47 bits per heavy atom. The third-order valence-electron chi connectivity index (χ3n) is 5.60. The fourth-order valence-corrected chi connectivity index (χ4v) is 3.54. The number of unbranched alkanes of at least 4 members (excludes halogenated alkanes) is 15. The second-order valence-corrected chi connectivity index (χ2v) is 8.61. The van der Waals surface area contributed by atoms with Gasteiger partial charge in [0.05, 0.1) is 26.4 Å². The fraction of sp³-hybridized carbons (Fsp3) is 1.00. The van der Waals surface area contributed by atoms with E-state index < -0.39 is 6.10 Å². The van der Waals surface area contributed by atoms with Crippen LogP contribution in [-0.4, -0.2) is 62.6 Å². The summed E-state index contributed by atoms with van der Waals surface area (Å²) in [7, 11) is 1.63. The van der Waals surface area contributed by atoms with Gasteiger partial charge in [-0.25, -0.2) is 0 Å². The predicted molar refractivity (Wildman–Crippen MR) is 125 cm³/mol. The van der Waals surface area contributed by atoms with Gasteiger partial charge in [0.2, 0.25) is 0 Å². The van der Waals surface area contributed by atoms with Crippen molar-refractivity contribution in [1.29, 1.82) is 0 Å². The van der Waals surface area contributed by atoms with Crippen molar-refractivity contribution in [2.75, 3.05) is 40.1 Å². The summed E-state index contributed by atoms with van der Waals surface area (Å²) >= 11 is 0. The Balaban J connectivity index is 3.21. The Labute approximate surface area is 186 Å². The highest BCUT2D eigenvalue weighted by Crippen LogP contribution is 2.13. The summed E-state index contributed by atoms with van der Waals surface area (Å²) in [5.41, 5.74) is 0. The van der Waals surface area contributed by atoms with E-state index in [1.165, 1.54) is 96.3 Å². The molecule has 0 radical (unpaired) electrons. The minimum Gasteiger partial charge on any atom is -0.394 e. The molecular formula is C25H52O5. The zero-order chi connectivity index (χ0) is 22.1. The maximum Gasteiger partial charge on any atom is 0.104 e. The predicted octanol–water partition coefficient (Wildman–Crippen LogP) is 5.65. The number of aliphatic hydroxyl groups excluding tert-OH is 2. The van der Waals surface area contributed by atoms with Gasteiger partial charge in [-0.15, -0.1) is 0 Å². The van der Waals surface area contributed by atoms with Crippen LogP contribution in [0.1, 0.15) is 110 Å². The van der Waals surface area contributed by atoms with Crippen LogP contribution < -0.4 is 0 Å². The Hall–Kier alpha value is -0.200. The number of aliphatic hydroxyl groups is 2. The molecule has 0 aromatic heterocycles. The van der Waals surface area contributed by atoms with E-state index in [4.69, 9.17) is 19.3 Å². The second-order valence-electron chi connectivity index (χ2n) is 8.61. The van der Waals surface area contributed by atoms with Gasteiger partial charge in [-0.2, -0.15) is 0 Å². The van der Waals surface area contributed by atoms with Crippen LogP contribution in [0.3, 0.4) is 0 Å². The molecule has 2 unspecified atom stereocenters.